The topological polar surface area (TPSA) is 126 Å². The molecule has 2 amide bonds. The van der Waals surface area contributed by atoms with Gasteiger partial charge in [-0.05, 0) is 39.7 Å². The number of rotatable bonds is 15. The van der Waals surface area contributed by atoms with E-state index in [-0.39, 0.29) is 18.3 Å². The Hall–Kier alpha value is -2.23. The van der Waals surface area contributed by atoms with Crippen molar-refractivity contribution >= 4 is 17.8 Å². The zero-order valence-electron chi connectivity index (χ0n) is 20.5. The molecule has 0 saturated heterocycles. The average molecular weight is 468 g/mol. The first-order valence-electron chi connectivity index (χ1n) is 11.8. The number of nitrogens with one attached hydrogen (secondary N) is 3. The third-order valence-electron chi connectivity index (χ3n) is 4.89. The van der Waals surface area contributed by atoms with Crippen molar-refractivity contribution in [2.45, 2.75) is 90.4 Å². The quantitative estimate of drug-likeness (QED) is 0.0959. The maximum Gasteiger partial charge on any atom is 0.305 e. The van der Waals surface area contributed by atoms with Gasteiger partial charge in [-0.2, -0.15) is 0 Å². The molecule has 0 spiro atoms. The summed E-state index contributed by atoms with van der Waals surface area (Å²) in [5.74, 6) is -0.691. The third-order valence-corrected chi connectivity index (χ3v) is 4.89. The molecule has 0 unspecified atom stereocenters. The first kappa shape index (κ1) is 28.8. The molecule has 0 aromatic carbocycles. The summed E-state index contributed by atoms with van der Waals surface area (Å²) in [6.07, 6.45) is 10.3. The van der Waals surface area contributed by atoms with Crippen LogP contribution < -0.4 is 16.1 Å². The molecule has 0 aromatic heterocycles. The van der Waals surface area contributed by atoms with E-state index in [0.717, 1.165) is 18.4 Å². The van der Waals surface area contributed by atoms with E-state index in [9.17, 15) is 14.4 Å². The monoisotopic (exact) mass is 467 g/mol. The van der Waals surface area contributed by atoms with Crippen LogP contribution in [0.4, 0.5) is 0 Å². The summed E-state index contributed by atoms with van der Waals surface area (Å²) in [4.78, 5) is 34.9. The predicted molar refractivity (Wildman–Crippen MR) is 125 cm³/mol. The molecule has 1 aliphatic rings. The molecule has 33 heavy (non-hydrogen) atoms. The van der Waals surface area contributed by atoms with Crippen LogP contribution >= 0.6 is 0 Å². The molecule has 0 bridgehead atoms. The number of amides is 2. The molecular formula is C24H41N3O6. The van der Waals surface area contributed by atoms with Gasteiger partial charge in [-0.15, -0.1) is 0 Å². The van der Waals surface area contributed by atoms with Crippen LogP contribution in [0.3, 0.4) is 0 Å². The van der Waals surface area contributed by atoms with Gasteiger partial charge in [0.25, 0.3) is 0 Å². The van der Waals surface area contributed by atoms with E-state index in [2.05, 4.69) is 10.6 Å². The lowest BCUT2D eigenvalue weighted by Crippen LogP contribution is -2.53. The summed E-state index contributed by atoms with van der Waals surface area (Å²) in [6, 6.07) is 0. The fourth-order valence-corrected chi connectivity index (χ4v) is 3.51. The molecule has 0 saturated carbocycles. The average Bonchev–Trinajstić information content (AvgIpc) is 2.74. The van der Waals surface area contributed by atoms with Crippen molar-refractivity contribution < 1.29 is 29.1 Å². The van der Waals surface area contributed by atoms with Gasteiger partial charge in [0.2, 0.25) is 11.8 Å². The number of unbranched alkanes of at least 4 members (excludes halogenated alkanes) is 3. The van der Waals surface area contributed by atoms with Crippen molar-refractivity contribution in [2.75, 3.05) is 19.7 Å². The largest absolute Gasteiger partial charge is 0.464 e. The summed E-state index contributed by atoms with van der Waals surface area (Å²) in [5, 5.41) is 14.8. The number of hydrogen-bond donors (Lipinski definition) is 4. The van der Waals surface area contributed by atoms with Gasteiger partial charge in [-0.25, -0.2) is 5.48 Å². The fraction of sp³-hybridized carbons (Fsp3) is 0.708. The Morgan fingerprint density at radius 2 is 1.76 bits per heavy atom. The van der Waals surface area contributed by atoms with Crippen LogP contribution in [0.1, 0.15) is 79.1 Å². The highest BCUT2D eigenvalue weighted by Crippen LogP contribution is 2.29. The summed E-state index contributed by atoms with van der Waals surface area (Å²) in [5.41, 5.74) is 1.31. The minimum absolute atomic E-state index is 0.0855. The maximum absolute atomic E-state index is 12.7. The molecule has 9 heteroatoms. The Morgan fingerprint density at radius 1 is 1.09 bits per heavy atom. The standard InChI is InChI=1S/C24H41N3O6/c1-5-22(30)32-16-15-25-18-19-11-10-14-24(17-19,33-23(2,3)4)26-20(28)12-8-6-7-9-13-21(29)27-31/h10-11,14,25,31H,5-9,12-13,15-18H2,1-4H3,(H,26,28)(H,27,29)/t24-/m1/s1. The van der Waals surface area contributed by atoms with Crippen LogP contribution in [0.25, 0.3) is 0 Å². The van der Waals surface area contributed by atoms with Crippen LogP contribution in [0.15, 0.2) is 23.8 Å². The summed E-state index contributed by atoms with van der Waals surface area (Å²) in [6.45, 7) is 9.09. The first-order valence-corrected chi connectivity index (χ1v) is 11.8. The minimum atomic E-state index is -0.922. The molecule has 0 heterocycles. The second kappa shape index (κ2) is 14.8. The van der Waals surface area contributed by atoms with E-state index >= 15 is 0 Å². The van der Waals surface area contributed by atoms with Gasteiger partial charge in [0.15, 0.2) is 5.72 Å². The number of carbonyl (C=O) groups excluding carboxylic acids is 3. The minimum Gasteiger partial charge on any atom is -0.464 e. The second-order valence-corrected chi connectivity index (χ2v) is 9.21. The van der Waals surface area contributed by atoms with Gasteiger partial charge in [-0.3, -0.25) is 19.6 Å². The lowest BCUT2D eigenvalue weighted by molar-refractivity contribution is -0.146. The number of hydroxylamine groups is 1. The van der Waals surface area contributed by atoms with E-state index in [1.807, 2.05) is 39.0 Å². The Bertz CT molecular complexity index is 699. The van der Waals surface area contributed by atoms with E-state index in [0.29, 0.717) is 51.8 Å². The molecule has 9 nitrogen and oxygen atoms in total. The van der Waals surface area contributed by atoms with E-state index < -0.39 is 17.2 Å². The van der Waals surface area contributed by atoms with Crippen molar-refractivity contribution in [3.05, 3.63) is 23.8 Å². The fourth-order valence-electron chi connectivity index (χ4n) is 3.51. The smallest absolute Gasteiger partial charge is 0.305 e. The van der Waals surface area contributed by atoms with Crippen LogP contribution in [-0.4, -0.2) is 54.0 Å². The van der Waals surface area contributed by atoms with E-state index in [1.165, 1.54) is 0 Å². The third kappa shape index (κ3) is 13.2. The number of allylic oxidation sites excluding steroid dienone is 2. The molecular weight excluding hydrogens is 426 g/mol. The number of ether oxygens (including phenoxy) is 2. The molecule has 1 atom stereocenters. The van der Waals surface area contributed by atoms with Gasteiger partial charge in [0.05, 0.1) is 5.60 Å². The number of hydrogen-bond acceptors (Lipinski definition) is 7. The normalized spacial score (nSPS) is 17.9. The van der Waals surface area contributed by atoms with Gasteiger partial charge >= 0.3 is 5.97 Å². The predicted octanol–water partition coefficient (Wildman–Crippen LogP) is 2.89. The van der Waals surface area contributed by atoms with Crippen molar-refractivity contribution in [3.63, 3.8) is 0 Å². The lowest BCUT2D eigenvalue weighted by Gasteiger charge is -2.40. The zero-order chi connectivity index (χ0) is 24.7. The van der Waals surface area contributed by atoms with Crippen molar-refractivity contribution in [1.82, 2.24) is 16.1 Å². The molecule has 1 aliphatic carbocycles. The molecule has 0 aromatic rings. The van der Waals surface area contributed by atoms with Crippen LogP contribution in [0.5, 0.6) is 0 Å². The summed E-state index contributed by atoms with van der Waals surface area (Å²) in [7, 11) is 0. The van der Waals surface area contributed by atoms with Gasteiger partial charge < -0.3 is 20.1 Å². The Balaban J connectivity index is 2.52. The van der Waals surface area contributed by atoms with Crippen molar-refractivity contribution in [3.8, 4) is 0 Å². The van der Waals surface area contributed by atoms with Crippen LogP contribution in [0.2, 0.25) is 0 Å². The number of carbonyl (C=O) groups is 3. The SMILES string of the molecule is CCC(=O)OCCNCC1=CC=C[C@@](NC(=O)CCCCCCC(=O)NO)(OC(C)(C)C)C1. The maximum atomic E-state index is 12.7. The van der Waals surface area contributed by atoms with Crippen molar-refractivity contribution in [1.29, 1.82) is 0 Å². The highest BCUT2D eigenvalue weighted by atomic mass is 16.5. The molecule has 0 radical (unpaired) electrons. The highest BCUT2D eigenvalue weighted by Gasteiger charge is 2.36. The van der Waals surface area contributed by atoms with E-state index in [4.69, 9.17) is 14.7 Å². The lowest BCUT2D eigenvalue weighted by atomic mass is 9.95. The van der Waals surface area contributed by atoms with Gasteiger partial charge in [-0.1, -0.05) is 37.5 Å². The van der Waals surface area contributed by atoms with Crippen LogP contribution in [-0.2, 0) is 23.9 Å². The van der Waals surface area contributed by atoms with Gasteiger partial charge in [0.1, 0.15) is 6.61 Å². The Kier molecular flexibility index (Phi) is 12.9. The first-order chi connectivity index (χ1) is 15.6. The summed E-state index contributed by atoms with van der Waals surface area (Å²) < 4.78 is 11.4. The zero-order valence-corrected chi connectivity index (χ0v) is 20.5. The molecule has 4 N–H and O–H groups in total. The second-order valence-electron chi connectivity index (χ2n) is 9.21. The van der Waals surface area contributed by atoms with Crippen LogP contribution in [0, 0.1) is 0 Å². The molecule has 0 aliphatic heterocycles. The Morgan fingerprint density at radius 3 is 2.36 bits per heavy atom. The molecule has 188 valence electrons. The number of esters is 1. The molecule has 1 rings (SSSR count). The summed E-state index contributed by atoms with van der Waals surface area (Å²) >= 11 is 0. The molecule has 0 fully saturated rings. The van der Waals surface area contributed by atoms with E-state index in [1.54, 1.807) is 12.4 Å². The van der Waals surface area contributed by atoms with Gasteiger partial charge in [0, 0.05) is 38.8 Å². The van der Waals surface area contributed by atoms with Crippen molar-refractivity contribution in [2.24, 2.45) is 0 Å². The Labute approximate surface area is 197 Å². The highest BCUT2D eigenvalue weighted by molar-refractivity contribution is 5.77.